The number of carbonyl (C=O) groups is 1. The fourth-order valence-corrected chi connectivity index (χ4v) is 1.32. The monoisotopic (exact) mass is 224 g/mol. The topological polar surface area (TPSA) is 122 Å². The van der Waals surface area contributed by atoms with Gasteiger partial charge in [-0.2, -0.15) is 0 Å². The van der Waals surface area contributed by atoms with Gasteiger partial charge in [0.15, 0.2) is 0 Å². The molecule has 1 atom stereocenters. The van der Waals surface area contributed by atoms with Crippen LogP contribution in [0.5, 0.6) is 0 Å². The van der Waals surface area contributed by atoms with Gasteiger partial charge in [0.05, 0.1) is 0 Å². The van der Waals surface area contributed by atoms with Crippen molar-refractivity contribution < 1.29 is 24.3 Å². The lowest BCUT2D eigenvalue weighted by molar-refractivity contribution is -0.140. The summed E-state index contributed by atoms with van der Waals surface area (Å²) < 4.78 is 10.5. The molecule has 0 aliphatic carbocycles. The van der Waals surface area contributed by atoms with E-state index in [1.165, 1.54) is 14.0 Å². The van der Waals surface area contributed by atoms with Gasteiger partial charge in [-0.1, -0.05) is 0 Å². The van der Waals surface area contributed by atoms with Crippen molar-refractivity contribution in [2.75, 3.05) is 13.2 Å². The van der Waals surface area contributed by atoms with Crippen molar-refractivity contribution in [3.8, 4) is 0 Å². The highest BCUT2D eigenvalue weighted by Gasteiger charge is 2.24. The Labute approximate surface area is 81.0 Å². The molecule has 1 unspecified atom stereocenters. The second kappa shape index (κ2) is 4.54. The summed E-state index contributed by atoms with van der Waals surface area (Å²) in [6, 6.07) is -0.978. The zero-order valence-electron chi connectivity index (χ0n) is 7.84. The van der Waals surface area contributed by atoms with Crippen LogP contribution in [0.2, 0.25) is 0 Å². The summed E-state index contributed by atoms with van der Waals surface area (Å²) in [5, 5.41) is 15.8. The number of aliphatic carboxylic acids is 1. The number of nitrogens with one attached hydrogen (secondary N) is 1. The Morgan fingerprint density at radius 2 is 2.00 bits per heavy atom. The van der Waals surface area contributed by atoms with Gasteiger partial charge in [0, 0.05) is 7.05 Å². The van der Waals surface area contributed by atoms with E-state index in [2.05, 4.69) is 0 Å². The molecule has 0 radical (unpaired) electrons. The average Bonchev–Trinajstić information content (AvgIpc) is 1.98. The first-order chi connectivity index (χ1) is 6.15. The molecule has 0 aromatic carbocycles. The van der Waals surface area contributed by atoms with Crippen LogP contribution in [0.4, 0.5) is 0 Å². The standard InChI is InChI=1S/C6H13N2O5P/c1-4(6(9)10)8(2)5(7)3-14(11,12)13/h4,7H,3H2,1-2H3,(H,9,10)(H2,11,12,13). The number of carboxylic acid groups (broad SMARTS) is 1. The summed E-state index contributed by atoms with van der Waals surface area (Å²) in [5.74, 6) is -1.55. The fourth-order valence-electron chi connectivity index (χ4n) is 0.706. The third kappa shape index (κ3) is 4.36. The van der Waals surface area contributed by atoms with Gasteiger partial charge in [-0.15, -0.1) is 0 Å². The largest absolute Gasteiger partial charge is 0.480 e. The number of likely N-dealkylation sites (N-methyl/N-ethyl adjacent to an activating group) is 1. The first-order valence-electron chi connectivity index (χ1n) is 3.73. The van der Waals surface area contributed by atoms with Gasteiger partial charge in [0.25, 0.3) is 0 Å². The molecule has 0 aliphatic rings. The van der Waals surface area contributed by atoms with Gasteiger partial charge in [0.2, 0.25) is 0 Å². The predicted molar refractivity (Wildman–Crippen MR) is 49.5 cm³/mol. The van der Waals surface area contributed by atoms with E-state index in [1.807, 2.05) is 0 Å². The lowest BCUT2D eigenvalue weighted by Gasteiger charge is -2.24. The zero-order valence-corrected chi connectivity index (χ0v) is 8.73. The van der Waals surface area contributed by atoms with Crippen molar-refractivity contribution in [1.82, 2.24) is 4.90 Å². The maximum absolute atomic E-state index is 10.5. The maximum atomic E-state index is 10.5. The minimum absolute atomic E-state index is 0.395. The van der Waals surface area contributed by atoms with E-state index in [9.17, 15) is 9.36 Å². The van der Waals surface area contributed by atoms with Crippen LogP contribution in [0.1, 0.15) is 6.92 Å². The van der Waals surface area contributed by atoms with Crippen LogP contribution in [0.25, 0.3) is 0 Å². The lowest BCUT2D eigenvalue weighted by Crippen LogP contribution is -2.41. The van der Waals surface area contributed by atoms with Crippen LogP contribution in [0.3, 0.4) is 0 Å². The summed E-state index contributed by atoms with van der Waals surface area (Å²) in [5.41, 5.74) is 0. The van der Waals surface area contributed by atoms with E-state index >= 15 is 0 Å². The molecule has 0 aromatic rings. The maximum Gasteiger partial charge on any atom is 0.333 e. The first kappa shape index (κ1) is 13.1. The van der Waals surface area contributed by atoms with Crippen LogP contribution >= 0.6 is 7.60 Å². The highest BCUT2D eigenvalue weighted by atomic mass is 31.2. The van der Waals surface area contributed by atoms with Crippen LogP contribution in [0, 0.1) is 5.41 Å². The number of hydrogen-bond donors (Lipinski definition) is 4. The Balaban J connectivity index is 4.41. The average molecular weight is 224 g/mol. The van der Waals surface area contributed by atoms with Crippen molar-refractivity contribution in [2.24, 2.45) is 0 Å². The number of hydrogen-bond acceptors (Lipinski definition) is 3. The molecule has 0 spiro atoms. The molecular formula is C6H13N2O5P. The molecule has 0 saturated carbocycles. The van der Waals surface area contributed by atoms with Gasteiger partial charge in [-0.05, 0) is 6.92 Å². The van der Waals surface area contributed by atoms with Gasteiger partial charge in [0.1, 0.15) is 18.0 Å². The van der Waals surface area contributed by atoms with E-state index in [0.717, 1.165) is 4.90 Å². The van der Waals surface area contributed by atoms with Gasteiger partial charge in [-0.25, -0.2) is 4.79 Å². The smallest absolute Gasteiger partial charge is 0.333 e. The number of nitrogens with zero attached hydrogens (tertiary/aromatic N) is 1. The van der Waals surface area contributed by atoms with Crippen molar-refractivity contribution in [2.45, 2.75) is 13.0 Å². The third-order valence-electron chi connectivity index (χ3n) is 1.72. The van der Waals surface area contributed by atoms with Crippen molar-refractivity contribution >= 4 is 19.4 Å². The summed E-state index contributed by atoms with van der Waals surface area (Å²) in [4.78, 5) is 28.6. The minimum Gasteiger partial charge on any atom is -0.480 e. The zero-order chi connectivity index (χ0) is 11.5. The summed E-state index contributed by atoms with van der Waals surface area (Å²) in [6.07, 6.45) is -0.749. The predicted octanol–water partition coefficient (Wildman–Crippen LogP) is -0.454. The van der Waals surface area contributed by atoms with E-state index < -0.39 is 31.6 Å². The lowest BCUT2D eigenvalue weighted by atomic mass is 10.3. The molecular weight excluding hydrogens is 211 g/mol. The molecule has 0 fully saturated rings. The second-order valence-electron chi connectivity index (χ2n) is 2.89. The van der Waals surface area contributed by atoms with Gasteiger partial charge in [-0.3, -0.25) is 9.97 Å². The Morgan fingerprint density at radius 3 is 2.29 bits per heavy atom. The molecule has 0 saturated heterocycles. The molecule has 8 heteroatoms. The van der Waals surface area contributed by atoms with E-state index in [-0.39, 0.29) is 0 Å². The molecule has 82 valence electrons. The van der Waals surface area contributed by atoms with Crippen molar-refractivity contribution in [1.29, 1.82) is 5.41 Å². The van der Waals surface area contributed by atoms with Crippen LogP contribution in [-0.2, 0) is 9.36 Å². The summed E-state index contributed by atoms with van der Waals surface area (Å²) in [7, 11) is -3.00. The molecule has 0 aromatic heterocycles. The van der Waals surface area contributed by atoms with Crippen LogP contribution in [-0.4, -0.2) is 50.8 Å². The third-order valence-corrected chi connectivity index (χ3v) is 2.43. The summed E-state index contributed by atoms with van der Waals surface area (Å²) >= 11 is 0. The Kier molecular flexibility index (Phi) is 4.25. The number of carboxylic acids is 1. The molecule has 0 heterocycles. The van der Waals surface area contributed by atoms with Crippen molar-refractivity contribution in [3.63, 3.8) is 0 Å². The highest BCUT2D eigenvalue weighted by Crippen LogP contribution is 2.34. The molecule has 0 amide bonds. The molecule has 4 N–H and O–H groups in total. The van der Waals surface area contributed by atoms with E-state index in [1.54, 1.807) is 0 Å². The van der Waals surface area contributed by atoms with Crippen LogP contribution in [0.15, 0.2) is 0 Å². The van der Waals surface area contributed by atoms with E-state index in [0.29, 0.717) is 0 Å². The van der Waals surface area contributed by atoms with Crippen LogP contribution < -0.4 is 0 Å². The molecule has 0 bridgehead atoms. The Morgan fingerprint density at radius 1 is 1.57 bits per heavy atom. The molecule has 7 nitrogen and oxygen atoms in total. The van der Waals surface area contributed by atoms with E-state index in [4.69, 9.17) is 20.3 Å². The normalized spacial score (nSPS) is 13.4. The Hall–Kier alpha value is -0.910. The SMILES string of the molecule is CC(C(=O)O)N(C)C(=N)CP(=O)(O)O. The fraction of sp³-hybridized carbons (Fsp3) is 0.667. The second-order valence-corrected chi connectivity index (χ2v) is 4.54. The summed E-state index contributed by atoms with van der Waals surface area (Å²) in [6.45, 7) is 1.33. The van der Waals surface area contributed by atoms with Crippen molar-refractivity contribution in [3.05, 3.63) is 0 Å². The quantitative estimate of drug-likeness (QED) is 0.291. The minimum atomic E-state index is -4.30. The number of amidine groups is 1. The molecule has 0 aliphatic heterocycles. The Bertz CT molecular complexity index is 286. The van der Waals surface area contributed by atoms with Gasteiger partial charge < -0.3 is 19.8 Å². The molecule has 14 heavy (non-hydrogen) atoms. The highest BCUT2D eigenvalue weighted by molar-refractivity contribution is 7.52. The number of rotatable bonds is 4. The molecule has 0 rings (SSSR count). The van der Waals surface area contributed by atoms with Gasteiger partial charge >= 0.3 is 13.6 Å². The first-order valence-corrected chi connectivity index (χ1v) is 5.52.